The third kappa shape index (κ3) is 3.78. The predicted octanol–water partition coefficient (Wildman–Crippen LogP) is 2.78. The first-order chi connectivity index (χ1) is 13.5. The van der Waals surface area contributed by atoms with E-state index in [-0.39, 0.29) is 23.4 Å². The monoisotopic (exact) mass is 382 g/mol. The van der Waals surface area contributed by atoms with Crippen molar-refractivity contribution in [3.05, 3.63) is 53.6 Å². The first-order valence-corrected chi connectivity index (χ1v) is 9.84. The number of hydrogen-bond donors (Lipinski definition) is 3. The molecule has 1 atom stereocenters. The highest BCUT2D eigenvalue weighted by Gasteiger charge is 2.37. The van der Waals surface area contributed by atoms with Crippen molar-refractivity contribution >= 4 is 5.91 Å². The fourth-order valence-electron chi connectivity index (χ4n) is 4.40. The summed E-state index contributed by atoms with van der Waals surface area (Å²) in [6.45, 7) is 2.96. The number of carbonyl (C=O) groups is 1. The molecule has 2 aromatic rings. The van der Waals surface area contributed by atoms with E-state index in [4.69, 9.17) is 0 Å². The summed E-state index contributed by atoms with van der Waals surface area (Å²) in [6.07, 6.45) is 2.85. The number of amides is 1. The summed E-state index contributed by atoms with van der Waals surface area (Å²) in [5, 5.41) is 28.5. The van der Waals surface area contributed by atoms with Gasteiger partial charge in [0.15, 0.2) is 11.5 Å². The fourth-order valence-corrected chi connectivity index (χ4v) is 4.40. The molecule has 0 aromatic heterocycles. The zero-order valence-corrected chi connectivity index (χ0v) is 15.8. The van der Waals surface area contributed by atoms with Crippen LogP contribution in [0.3, 0.4) is 0 Å². The molecule has 2 aliphatic heterocycles. The molecular formula is C22H26N2O4. The second kappa shape index (κ2) is 7.72. The molecule has 0 bridgehead atoms. The Balaban J connectivity index is 1.34. The molecule has 6 nitrogen and oxygen atoms in total. The third-order valence-corrected chi connectivity index (χ3v) is 6.02. The van der Waals surface area contributed by atoms with E-state index in [0.29, 0.717) is 24.8 Å². The molecule has 148 valence electrons. The zero-order valence-electron chi connectivity index (χ0n) is 15.8. The lowest BCUT2D eigenvalue weighted by Crippen LogP contribution is -2.45. The van der Waals surface area contributed by atoms with Crippen molar-refractivity contribution in [1.29, 1.82) is 0 Å². The number of phenolic OH excluding ortho intramolecular Hbond substituents is 3. The van der Waals surface area contributed by atoms with Crippen molar-refractivity contribution in [2.45, 2.75) is 37.8 Å². The minimum absolute atomic E-state index is 0.0634. The van der Waals surface area contributed by atoms with Gasteiger partial charge in [0.25, 0.3) is 0 Å². The molecule has 0 radical (unpaired) electrons. The maximum Gasteiger partial charge on any atom is 0.240 e. The Bertz CT molecular complexity index is 844. The number of nitrogens with zero attached hydrogens (tertiary/aromatic N) is 2. The van der Waals surface area contributed by atoms with Gasteiger partial charge in [-0.25, -0.2) is 0 Å². The molecule has 0 spiro atoms. The molecule has 2 heterocycles. The fraction of sp³-hybridized carbons (Fsp3) is 0.409. The van der Waals surface area contributed by atoms with Crippen LogP contribution < -0.4 is 0 Å². The Labute approximate surface area is 164 Å². The van der Waals surface area contributed by atoms with Gasteiger partial charge in [-0.05, 0) is 73.7 Å². The molecule has 28 heavy (non-hydrogen) atoms. The number of benzene rings is 2. The van der Waals surface area contributed by atoms with Gasteiger partial charge >= 0.3 is 0 Å². The normalized spacial score (nSPS) is 21.4. The first kappa shape index (κ1) is 18.6. The Kier molecular flexibility index (Phi) is 5.13. The van der Waals surface area contributed by atoms with Gasteiger partial charge < -0.3 is 20.2 Å². The van der Waals surface area contributed by atoms with Crippen molar-refractivity contribution in [2.75, 3.05) is 19.6 Å². The van der Waals surface area contributed by atoms with Crippen LogP contribution in [0.15, 0.2) is 42.5 Å². The summed E-state index contributed by atoms with van der Waals surface area (Å²) >= 11 is 0. The third-order valence-electron chi connectivity index (χ3n) is 6.02. The van der Waals surface area contributed by atoms with E-state index < -0.39 is 0 Å². The first-order valence-electron chi connectivity index (χ1n) is 9.84. The summed E-state index contributed by atoms with van der Waals surface area (Å²) in [6, 6.07) is 12.1. The molecule has 4 rings (SSSR count). The van der Waals surface area contributed by atoms with Gasteiger partial charge in [-0.1, -0.05) is 18.2 Å². The van der Waals surface area contributed by atoms with Crippen LogP contribution in [0.1, 0.15) is 36.3 Å². The SMILES string of the molecule is O=C1C(N2CCC(c3ccc(O)cc3)CC2)CCN1Cc1ccc(O)c(O)c1. The van der Waals surface area contributed by atoms with E-state index in [1.165, 1.54) is 17.7 Å². The molecule has 2 saturated heterocycles. The molecule has 3 N–H and O–H groups in total. The Morgan fingerprint density at radius 2 is 1.57 bits per heavy atom. The summed E-state index contributed by atoms with van der Waals surface area (Å²) in [4.78, 5) is 17.0. The van der Waals surface area contributed by atoms with Crippen LogP contribution in [0.4, 0.5) is 0 Å². The number of phenols is 3. The van der Waals surface area contributed by atoms with E-state index in [9.17, 15) is 20.1 Å². The van der Waals surface area contributed by atoms with Crippen LogP contribution in [0.2, 0.25) is 0 Å². The van der Waals surface area contributed by atoms with Crippen LogP contribution in [0, 0.1) is 0 Å². The van der Waals surface area contributed by atoms with Crippen LogP contribution in [0.5, 0.6) is 17.2 Å². The van der Waals surface area contributed by atoms with Gasteiger partial charge in [-0.15, -0.1) is 0 Å². The van der Waals surface area contributed by atoms with Gasteiger partial charge in [0, 0.05) is 13.1 Å². The molecular weight excluding hydrogens is 356 g/mol. The van der Waals surface area contributed by atoms with Crippen molar-refractivity contribution < 1.29 is 20.1 Å². The van der Waals surface area contributed by atoms with Crippen LogP contribution >= 0.6 is 0 Å². The largest absolute Gasteiger partial charge is 0.508 e. The lowest BCUT2D eigenvalue weighted by atomic mass is 9.89. The summed E-state index contributed by atoms with van der Waals surface area (Å²) < 4.78 is 0. The van der Waals surface area contributed by atoms with Crippen molar-refractivity contribution in [1.82, 2.24) is 9.80 Å². The second-order valence-electron chi connectivity index (χ2n) is 7.79. The second-order valence-corrected chi connectivity index (χ2v) is 7.79. The van der Waals surface area contributed by atoms with Crippen molar-refractivity contribution in [2.24, 2.45) is 0 Å². The highest BCUT2D eigenvalue weighted by molar-refractivity contribution is 5.84. The van der Waals surface area contributed by atoms with Crippen molar-refractivity contribution in [3.8, 4) is 17.2 Å². The van der Waals surface area contributed by atoms with E-state index in [1.807, 2.05) is 17.0 Å². The predicted molar refractivity (Wildman–Crippen MR) is 105 cm³/mol. The van der Waals surface area contributed by atoms with Gasteiger partial charge in [0.05, 0.1) is 6.04 Å². The average Bonchev–Trinajstić information content (AvgIpc) is 3.06. The number of rotatable bonds is 4. The topological polar surface area (TPSA) is 84.2 Å². The number of hydrogen-bond acceptors (Lipinski definition) is 5. The molecule has 0 aliphatic carbocycles. The molecule has 2 aliphatic rings. The van der Waals surface area contributed by atoms with Gasteiger partial charge in [-0.2, -0.15) is 0 Å². The Morgan fingerprint density at radius 1 is 0.857 bits per heavy atom. The Morgan fingerprint density at radius 3 is 2.25 bits per heavy atom. The summed E-state index contributed by atoms with van der Waals surface area (Å²) in [5.41, 5.74) is 2.07. The van der Waals surface area contributed by atoms with E-state index in [0.717, 1.165) is 37.9 Å². The maximum absolute atomic E-state index is 12.9. The summed E-state index contributed by atoms with van der Waals surface area (Å²) in [7, 11) is 0. The molecule has 6 heteroatoms. The smallest absolute Gasteiger partial charge is 0.240 e. The van der Waals surface area contributed by atoms with E-state index >= 15 is 0 Å². The highest BCUT2D eigenvalue weighted by atomic mass is 16.3. The van der Waals surface area contributed by atoms with Gasteiger partial charge in [0.2, 0.25) is 5.91 Å². The Hall–Kier alpha value is -2.73. The van der Waals surface area contributed by atoms with Crippen LogP contribution in [-0.4, -0.2) is 56.7 Å². The van der Waals surface area contributed by atoms with Gasteiger partial charge in [0.1, 0.15) is 5.75 Å². The molecule has 2 fully saturated rings. The molecule has 2 aromatic carbocycles. The lowest BCUT2D eigenvalue weighted by molar-refractivity contribution is -0.133. The molecule has 0 saturated carbocycles. The number of carbonyl (C=O) groups excluding carboxylic acids is 1. The number of likely N-dealkylation sites (tertiary alicyclic amines) is 2. The molecule has 1 unspecified atom stereocenters. The number of piperidine rings is 1. The van der Waals surface area contributed by atoms with Crippen LogP contribution in [-0.2, 0) is 11.3 Å². The standard InChI is InChI=1S/C22H26N2O4/c25-18-4-2-16(3-5-18)17-7-10-23(11-8-17)19-9-12-24(22(19)28)14-15-1-6-20(26)21(27)13-15/h1-6,13,17,19,25-27H,7-12,14H2. The summed E-state index contributed by atoms with van der Waals surface area (Å²) in [5.74, 6) is 0.614. The van der Waals surface area contributed by atoms with Crippen LogP contribution in [0.25, 0.3) is 0 Å². The maximum atomic E-state index is 12.9. The minimum atomic E-state index is -0.156. The quantitative estimate of drug-likeness (QED) is 0.708. The lowest BCUT2D eigenvalue weighted by Gasteiger charge is -2.35. The van der Waals surface area contributed by atoms with Gasteiger partial charge in [-0.3, -0.25) is 9.69 Å². The highest BCUT2D eigenvalue weighted by Crippen LogP contribution is 2.32. The molecule has 1 amide bonds. The minimum Gasteiger partial charge on any atom is -0.508 e. The van der Waals surface area contributed by atoms with E-state index in [2.05, 4.69) is 4.90 Å². The average molecular weight is 382 g/mol. The zero-order chi connectivity index (χ0) is 19.7. The number of aromatic hydroxyl groups is 3. The van der Waals surface area contributed by atoms with E-state index in [1.54, 1.807) is 18.2 Å². The van der Waals surface area contributed by atoms with Crippen molar-refractivity contribution in [3.63, 3.8) is 0 Å².